The van der Waals surface area contributed by atoms with Crippen molar-refractivity contribution in [2.24, 2.45) is 5.92 Å². The van der Waals surface area contributed by atoms with Crippen LogP contribution in [0.3, 0.4) is 0 Å². The van der Waals surface area contributed by atoms with Gasteiger partial charge in [0.25, 0.3) is 0 Å². The minimum Gasteiger partial charge on any atom is -0.416 e. The second kappa shape index (κ2) is 6.33. The van der Waals surface area contributed by atoms with Crippen LogP contribution >= 0.6 is 0 Å². The normalized spacial score (nSPS) is 16.2. The second-order valence-corrected chi connectivity index (χ2v) is 12.8. The quantitative estimate of drug-likeness (QED) is 0.423. The van der Waals surface area contributed by atoms with Crippen molar-refractivity contribution in [2.45, 2.75) is 51.3 Å². The van der Waals surface area contributed by atoms with Gasteiger partial charge in [0.1, 0.15) is 0 Å². The highest BCUT2D eigenvalue weighted by Gasteiger charge is 2.47. The fraction of sp³-hybridized carbons (Fsp3) is 1.00. The Balaban J connectivity index is 4.38. The van der Waals surface area contributed by atoms with E-state index in [0.717, 1.165) is 0 Å². The van der Waals surface area contributed by atoms with E-state index in [4.69, 9.17) is 4.43 Å². The molecule has 0 unspecified atom stereocenters. The molecule has 0 aliphatic heterocycles. The smallest absolute Gasteiger partial charge is 0.416 e. The Bertz CT molecular complexity index is 412. The molecule has 0 N–H and O–H groups in total. The molecule has 0 heterocycles. The molecule has 0 aliphatic carbocycles. The highest BCUT2D eigenvalue weighted by molar-refractivity contribution is 7.87. The Morgan fingerprint density at radius 1 is 1.10 bits per heavy atom. The molecule has 0 aromatic heterocycles. The molecule has 0 aliphatic rings. The predicted molar refractivity (Wildman–Crippen MR) is 73.2 cm³/mol. The lowest BCUT2D eigenvalue weighted by atomic mass is 10.2. The van der Waals surface area contributed by atoms with Crippen molar-refractivity contribution in [3.8, 4) is 0 Å². The Morgan fingerprint density at radius 2 is 1.55 bits per heavy atom. The molecule has 0 fully saturated rings. The summed E-state index contributed by atoms with van der Waals surface area (Å²) in [5.41, 5.74) is -5.38. The van der Waals surface area contributed by atoms with Crippen LogP contribution in [0.25, 0.3) is 0 Å². The molecular weight excluding hydrogens is 313 g/mol. The van der Waals surface area contributed by atoms with Crippen molar-refractivity contribution in [3.63, 3.8) is 0 Å². The van der Waals surface area contributed by atoms with Crippen LogP contribution in [0.15, 0.2) is 0 Å². The summed E-state index contributed by atoms with van der Waals surface area (Å²) in [5.74, 6) is -0.443. The van der Waals surface area contributed by atoms with E-state index in [1.54, 1.807) is 6.92 Å². The van der Waals surface area contributed by atoms with E-state index < -0.39 is 36.5 Å². The zero-order valence-corrected chi connectivity index (χ0v) is 14.5. The van der Waals surface area contributed by atoms with Gasteiger partial charge in [0, 0.05) is 12.5 Å². The zero-order valence-electron chi connectivity index (χ0n) is 12.7. The number of halogens is 3. The molecule has 9 heteroatoms. The van der Waals surface area contributed by atoms with Gasteiger partial charge in [-0.1, -0.05) is 27.7 Å². The molecule has 1 atom stereocenters. The van der Waals surface area contributed by atoms with Gasteiger partial charge in [-0.05, 0) is 18.1 Å². The zero-order chi connectivity index (χ0) is 16.4. The van der Waals surface area contributed by atoms with Crippen LogP contribution < -0.4 is 0 Å². The molecule has 122 valence electrons. The average molecular weight is 336 g/mol. The van der Waals surface area contributed by atoms with Crippen LogP contribution in [-0.4, -0.2) is 35.5 Å². The summed E-state index contributed by atoms with van der Waals surface area (Å²) in [6.45, 7) is 11.3. The molecule has 0 spiro atoms. The Hall–Kier alpha value is -0.123. The van der Waals surface area contributed by atoms with Gasteiger partial charge in [-0.25, -0.2) is 0 Å². The maximum Gasteiger partial charge on any atom is 0.523 e. The molecule has 0 aromatic rings. The number of hydrogen-bond donors (Lipinski definition) is 0. The van der Waals surface area contributed by atoms with Crippen LogP contribution in [-0.2, 0) is 18.7 Å². The van der Waals surface area contributed by atoms with Crippen molar-refractivity contribution in [1.82, 2.24) is 0 Å². The van der Waals surface area contributed by atoms with Gasteiger partial charge in [0.2, 0.25) is 0 Å². The van der Waals surface area contributed by atoms with Crippen molar-refractivity contribution >= 4 is 18.4 Å². The molecule has 0 aromatic carbocycles. The molecule has 20 heavy (non-hydrogen) atoms. The van der Waals surface area contributed by atoms with E-state index in [1.165, 1.54) is 0 Å². The third-order valence-corrected chi connectivity index (χ3v) is 8.84. The largest absolute Gasteiger partial charge is 0.523 e. The minimum absolute atomic E-state index is 0.0222. The molecule has 0 rings (SSSR count). The monoisotopic (exact) mass is 336 g/mol. The molecule has 0 saturated carbocycles. The maximum absolute atomic E-state index is 12.1. The van der Waals surface area contributed by atoms with Gasteiger partial charge in [0.05, 0.1) is 6.61 Å². The molecule has 4 nitrogen and oxygen atoms in total. The van der Waals surface area contributed by atoms with E-state index >= 15 is 0 Å². The Kier molecular flexibility index (Phi) is 6.29. The van der Waals surface area contributed by atoms with Crippen molar-refractivity contribution in [3.05, 3.63) is 0 Å². The Morgan fingerprint density at radius 3 is 1.90 bits per heavy atom. The number of alkyl halides is 3. The first-order valence-electron chi connectivity index (χ1n) is 6.20. The lowest BCUT2D eigenvalue weighted by molar-refractivity contribution is -0.0552. The van der Waals surface area contributed by atoms with Crippen molar-refractivity contribution < 1.29 is 30.2 Å². The summed E-state index contributed by atoms with van der Waals surface area (Å²) in [6.07, 6.45) is 0. The summed E-state index contributed by atoms with van der Waals surface area (Å²) < 4.78 is 67.5. The van der Waals surface area contributed by atoms with Crippen LogP contribution in [0.4, 0.5) is 13.2 Å². The fourth-order valence-electron chi connectivity index (χ4n) is 0.888. The maximum atomic E-state index is 12.1. The minimum atomic E-state index is -5.52. The van der Waals surface area contributed by atoms with E-state index in [2.05, 4.69) is 4.18 Å². The topological polar surface area (TPSA) is 52.6 Å². The van der Waals surface area contributed by atoms with Gasteiger partial charge in [0.15, 0.2) is 8.32 Å². The van der Waals surface area contributed by atoms with E-state index in [1.807, 2.05) is 33.9 Å². The van der Waals surface area contributed by atoms with Crippen LogP contribution in [0.2, 0.25) is 18.1 Å². The first-order chi connectivity index (χ1) is 8.60. The second-order valence-electron chi connectivity index (χ2n) is 6.36. The Labute approximate surface area is 119 Å². The number of rotatable bonds is 6. The molecular formula is C11H23F3O4SSi. The van der Waals surface area contributed by atoms with Crippen LogP contribution in [0.1, 0.15) is 27.7 Å². The van der Waals surface area contributed by atoms with E-state index in [0.29, 0.717) is 0 Å². The van der Waals surface area contributed by atoms with Gasteiger partial charge < -0.3 is 4.43 Å². The van der Waals surface area contributed by atoms with E-state index in [9.17, 15) is 21.6 Å². The highest BCUT2D eigenvalue weighted by atomic mass is 32.2. The molecule has 0 radical (unpaired) electrons. The molecule has 0 amide bonds. The summed E-state index contributed by atoms with van der Waals surface area (Å²) in [4.78, 5) is 0. The fourth-order valence-corrected chi connectivity index (χ4v) is 2.57. The first kappa shape index (κ1) is 19.9. The standard InChI is InChI=1S/C11H23F3O4SSi/c1-9(7-17-19(15,16)11(12,13)14)8-18-20(5,6)10(2,3)4/h9H,7-8H2,1-6H3/t9-/m0/s1. The number of hydrogen-bond acceptors (Lipinski definition) is 4. The van der Waals surface area contributed by atoms with E-state index in [-0.39, 0.29) is 11.6 Å². The summed E-state index contributed by atoms with van der Waals surface area (Å²) in [7, 11) is -7.53. The third kappa shape index (κ3) is 5.70. The molecule has 0 bridgehead atoms. The lowest BCUT2D eigenvalue weighted by Crippen LogP contribution is -2.42. The van der Waals surface area contributed by atoms with Crippen LogP contribution in [0, 0.1) is 5.92 Å². The van der Waals surface area contributed by atoms with Gasteiger partial charge in [-0.3, -0.25) is 4.18 Å². The third-order valence-electron chi connectivity index (χ3n) is 3.33. The van der Waals surface area contributed by atoms with Gasteiger partial charge in [-0.2, -0.15) is 21.6 Å². The van der Waals surface area contributed by atoms with Gasteiger partial charge >= 0.3 is 15.6 Å². The summed E-state index contributed by atoms with van der Waals surface area (Å²) in [6, 6.07) is 0. The predicted octanol–water partition coefficient (Wildman–Crippen LogP) is 3.51. The van der Waals surface area contributed by atoms with Crippen LogP contribution in [0.5, 0.6) is 0 Å². The summed E-state index contributed by atoms with van der Waals surface area (Å²) >= 11 is 0. The average Bonchev–Trinajstić information content (AvgIpc) is 2.20. The summed E-state index contributed by atoms with van der Waals surface area (Å²) in [5, 5.41) is -0.0222. The van der Waals surface area contributed by atoms with Crippen molar-refractivity contribution in [2.75, 3.05) is 13.2 Å². The molecule has 0 saturated heterocycles. The lowest BCUT2D eigenvalue weighted by Gasteiger charge is -2.36. The van der Waals surface area contributed by atoms with Crippen molar-refractivity contribution in [1.29, 1.82) is 0 Å². The highest BCUT2D eigenvalue weighted by Crippen LogP contribution is 2.36. The first-order valence-corrected chi connectivity index (χ1v) is 10.5. The SMILES string of the molecule is C[C@H](CO[Si](C)(C)C(C)(C)C)COS(=O)(=O)C(F)(F)F. The van der Waals surface area contributed by atoms with Gasteiger partial charge in [-0.15, -0.1) is 0 Å².